The van der Waals surface area contributed by atoms with Crippen LogP contribution < -0.4 is 9.54 Å². The van der Waals surface area contributed by atoms with Crippen LogP contribution in [0.25, 0.3) is 10.2 Å². The molecule has 12 heteroatoms. The number of rotatable bonds is 7. The van der Waals surface area contributed by atoms with Gasteiger partial charge >= 0.3 is 5.97 Å². The van der Waals surface area contributed by atoms with Crippen molar-refractivity contribution in [1.82, 2.24) is 8.87 Å². The van der Waals surface area contributed by atoms with Crippen molar-refractivity contribution in [1.29, 1.82) is 0 Å². The van der Waals surface area contributed by atoms with E-state index in [-0.39, 0.29) is 30.1 Å². The molecule has 1 aliphatic heterocycles. The molecule has 0 N–H and O–H groups in total. The molecule has 35 heavy (non-hydrogen) atoms. The maximum atomic E-state index is 12.9. The Kier molecular flexibility index (Phi) is 7.65. The fraction of sp³-hybridized carbons (Fsp3) is 0.348. The van der Waals surface area contributed by atoms with Crippen LogP contribution in [0.1, 0.15) is 17.3 Å². The Bertz CT molecular complexity index is 1400. The summed E-state index contributed by atoms with van der Waals surface area (Å²) in [5.74, 6) is -0.373. The van der Waals surface area contributed by atoms with E-state index in [9.17, 15) is 18.0 Å². The number of carbonyl (C=O) groups excluding carboxylic acids is 2. The number of morpholine rings is 1. The Morgan fingerprint density at radius 2 is 1.83 bits per heavy atom. The molecule has 0 radical (unpaired) electrons. The Labute approximate surface area is 206 Å². The maximum Gasteiger partial charge on any atom is 0.325 e. The number of amides is 1. The number of nitrogens with zero attached hydrogens (tertiary/aromatic N) is 3. The highest BCUT2D eigenvalue weighted by Crippen LogP contribution is 2.24. The average Bonchev–Trinajstić information content (AvgIpc) is 3.20. The molecular weight excluding hydrogens is 494 g/mol. The van der Waals surface area contributed by atoms with Gasteiger partial charge in [0.15, 0.2) is 4.80 Å². The van der Waals surface area contributed by atoms with E-state index in [1.54, 1.807) is 16.7 Å². The van der Waals surface area contributed by atoms with E-state index in [0.717, 1.165) is 4.70 Å². The van der Waals surface area contributed by atoms with Crippen molar-refractivity contribution in [2.24, 2.45) is 4.99 Å². The Morgan fingerprint density at radius 3 is 2.49 bits per heavy atom. The van der Waals surface area contributed by atoms with Crippen LogP contribution >= 0.6 is 11.3 Å². The summed E-state index contributed by atoms with van der Waals surface area (Å²) in [4.78, 5) is 29.6. The SMILES string of the molecule is CCOc1ccc2c(c1)sc(=NC(=O)c1ccc(S(=O)(=O)N3CCOCC3)cc1)n2CC(=O)OC. The zero-order valence-electron chi connectivity index (χ0n) is 19.3. The number of fused-ring (bicyclic) bond motifs is 1. The zero-order chi connectivity index (χ0) is 25.0. The molecule has 1 amide bonds. The fourth-order valence-electron chi connectivity index (χ4n) is 3.60. The lowest BCUT2D eigenvalue weighted by molar-refractivity contribution is -0.141. The van der Waals surface area contributed by atoms with Crippen molar-refractivity contribution < 1.29 is 32.2 Å². The number of aromatic nitrogens is 1. The number of esters is 1. The van der Waals surface area contributed by atoms with Gasteiger partial charge in [0.05, 0.1) is 42.0 Å². The third-order valence-electron chi connectivity index (χ3n) is 5.39. The molecule has 0 bridgehead atoms. The average molecular weight is 520 g/mol. The number of thiazole rings is 1. The fourth-order valence-corrected chi connectivity index (χ4v) is 6.06. The second-order valence-corrected chi connectivity index (χ2v) is 10.5. The second kappa shape index (κ2) is 10.7. The van der Waals surface area contributed by atoms with E-state index in [4.69, 9.17) is 14.2 Å². The van der Waals surface area contributed by atoms with Gasteiger partial charge < -0.3 is 18.8 Å². The molecule has 10 nitrogen and oxygen atoms in total. The molecule has 0 atom stereocenters. The summed E-state index contributed by atoms with van der Waals surface area (Å²) in [7, 11) is -2.38. The van der Waals surface area contributed by atoms with Crippen LogP contribution in [-0.2, 0) is 30.8 Å². The van der Waals surface area contributed by atoms with Crippen molar-refractivity contribution >= 4 is 43.5 Å². The lowest BCUT2D eigenvalue weighted by Gasteiger charge is -2.26. The summed E-state index contributed by atoms with van der Waals surface area (Å²) in [6.07, 6.45) is 0. The number of benzene rings is 2. The molecule has 2 aromatic carbocycles. The molecule has 1 saturated heterocycles. The van der Waals surface area contributed by atoms with E-state index >= 15 is 0 Å². The Balaban J connectivity index is 1.67. The molecular formula is C23H25N3O7S2. The third kappa shape index (κ3) is 5.45. The minimum atomic E-state index is -3.67. The lowest BCUT2D eigenvalue weighted by atomic mass is 10.2. The van der Waals surface area contributed by atoms with Crippen molar-refractivity contribution in [2.45, 2.75) is 18.4 Å². The first-order valence-electron chi connectivity index (χ1n) is 10.9. The number of hydrogen-bond acceptors (Lipinski definition) is 8. The van der Waals surface area contributed by atoms with Gasteiger partial charge in [-0.05, 0) is 49.4 Å². The summed E-state index contributed by atoms with van der Waals surface area (Å²) in [6, 6.07) is 11.1. The standard InChI is InChI=1S/C23H25N3O7S2/c1-3-33-17-6-9-19-20(14-17)34-23(26(19)15-21(27)31-2)24-22(28)16-4-7-18(8-5-16)35(29,30)25-10-12-32-13-11-25/h4-9,14H,3,10-13,15H2,1-2H3. The van der Waals surface area contributed by atoms with Crippen LogP contribution in [0, 0.1) is 0 Å². The minimum absolute atomic E-state index is 0.0991. The van der Waals surface area contributed by atoms with Crippen molar-refractivity contribution in [2.75, 3.05) is 40.0 Å². The molecule has 1 fully saturated rings. The molecule has 4 rings (SSSR count). The molecule has 1 aliphatic rings. The zero-order valence-corrected chi connectivity index (χ0v) is 20.9. The van der Waals surface area contributed by atoms with Gasteiger partial charge in [0.2, 0.25) is 10.0 Å². The van der Waals surface area contributed by atoms with Crippen LogP contribution in [-0.4, -0.2) is 69.2 Å². The summed E-state index contributed by atoms with van der Waals surface area (Å²) in [5.41, 5.74) is 0.936. The Hall–Kier alpha value is -3.06. The van der Waals surface area contributed by atoms with Gasteiger partial charge in [0, 0.05) is 18.7 Å². The summed E-state index contributed by atoms with van der Waals surface area (Å²) >= 11 is 1.24. The lowest BCUT2D eigenvalue weighted by Crippen LogP contribution is -2.40. The number of ether oxygens (including phenoxy) is 3. The monoisotopic (exact) mass is 519 g/mol. The van der Waals surface area contributed by atoms with Gasteiger partial charge in [0.25, 0.3) is 5.91 Å². The summed E-state index contributed by atoms with van der Waals surface area (Å²) in [5, 5.41) is 0. The normalized spacial score (nSPS) is 15.3. The Morgan fingerprint density at radius 1 is 1.11 bits per heavy atom. The van der Waals surface area contributed by atoms with E-state index in [0.29, 0.717) is 35.9 Å². The number of carbonyl (C=O) groups is 2. The summed E-state index contributed by atoms with van der Waals surface area (Å²) < 4.78 is 45.0. The predicted molar refractivity (Wildman–Crippen MR) is 129 cm³/mol. The largest absolute Gasteiger partial charge is 0.494 e. The topological polar surface area (TPSA) is 116 Å². The van der Waals surface area contributed by atoms with Crippen molar-refractivity contribution in [3.05, 3.63) is 52.8 Å². The van der Waals surface area contributed by atoms with Crippen LogP contribution in [0.4, 0.5) is 0 Å². The number of hydrogen-bond donors (Lipinski definition) is 0. The van der Waals surface area contributed by atoms with E-state index in [1.165, 1.54) is 47.0 Å². The number of methoxy groups -OCH3 is 1. The first-order chi connectivity index (χ1) is 16.8. The third-order valence-corrected chi connectivity index (χ3v) is 8.34. The van der Waals surface area contributed by atoms with E-state index < -0.39 is 21.9 Å². The van der Waals surface area contributed by atoms with Crippen LogP contribution in [0.5, 0.6) is 5.75 Å². The first kappa shape index (κ1) is 25.0. The van der Waals surface area contributed by atoms with Gasteiger partial charge in [-0.25, -0.2) is 8.42 Å². The quantitative estimate of drug-likeness (QED) is 0.439. The smallest absolute Gasteiger partial charge is 0.325 e. The molecule has 3 aromatic rings. The van der Waals surface area contributed by atoms with Gasteiger partial charge in [0.1, 0.15) is 12.3 Å². The highest BCUT2D eigenvalue weighted by atomic mass is 32.2. The van der Waals surface area contributed by atoms with E-state index in [2.05, 4.69) is 4.99 Å². The van der Waals surface area contributed by atoms with Crippen molar-refractivity contribution in [3.8, 4) is 5.75 Å². The molecule has 2 heterocycles. The maximum absolute atomic E-state index is 12.9. The molecule has 0 unspecified atom stereocenters. The molecule has 1 aromatic heterocycles. The number of sulfonamides is 1. The first-order valence-corrected chi connectivity index (χ1v) is 13.2. The minimum Gasteiger partial charge on any atom is -0.494 e. The van der Waals surface area contributed by atoms with Gasteiger partial charge in [-0.15, -0.1) is 0 Å². The summed E-state index contributed by atoms with van der Waals surface area (Å²) in [6.45, 7) is 3.54. The molecule has 0 aliphatic carbocycles. The second-order valence-electron chi connectivity index (χ2n) is 7.57. The predicted octanol–water partition coefficient (Wildman–Crippen LogP) is 2.04. The highest BCUT2D eigenvalue weighted by Gasteiger charge is 2.26. The van der Waals surface area contributed by atoms with Crippen LogP contribution in [0.2, 0.25) is 0 Å². The van der Waals surface area contributed by atoms with Gasteiger partial charge in [-0.3, -0.25) is 9.59 Å². The van der Waals surface area contributed by atoms with E-state index in [1.807, 2.05) is 13.0 Å². The van der Waals surface area contributed by atoms with Crippen LogP contribution in [0.15, 0.2) is 52.4 Å². The van der Waals surface area contributed by atoms with Gasteiger partial charge in [-0.2, -0.15) is 9.30 Å². The highest BCUT2D eigenvalue weighted by molar-refractivity contribution is 7.89. The van der Waals surface area contributed by atoms with Crippen molar-refractivity contribution in [3.63, 3.8) is 0 Å². The van der Waals surface area contributed by atoms with Crippen LogP contribution in [0.3, 0.4) is 0 Å². The van der Waals surface area contributed by atoms with Gasteiger partial charge in [-0.1, -0.05) is 11.3 Å². The molecule has 186 valence electrons. The molecule has 0 saturated carbocycles. The molecule has 0 spiro atoms.